The van der Waals surface area contributed by atoms with E-state index in [9.17, 15) is 24.3 Å². The lowest BCUT2D eigenvalue weighted by atomic mass is 10.1. The van der Waals surface area contributed by atoms with Gasteiger partial charge in [-0.3, -0.25) is 28.8 Å². The van der Waals surface area contributed by atoms with Crippen molar-refractivity contribution in [3.8, 4) is 0 Å². The number of aliphatic hydroxyl groups is 1. The Morgan fingerprint density at radius 3 is 2.31 bits per heavy atom. The molecule has 1 fully saturated rings. The maximum Gasteiger partial charge on any atom is 0.333 e. The predicted molar refractivity (Wildman–Crippen MR) is 131 cm³/mol. The first kappa shape index (κ1) is 23.4. The number of amides is 4. The van der Waals surface area contributed by atoms with E-state index >= 15 is 0 Å². The second kappa shape index (κ2) is 9.74. The highest BCUT2D eigenvalue weighted by Crippen LogP contribution is 2.26. The van der Waals surface area contributed by atoms with Crippen LogP contribution in [0.15, 0.2) is 67.3 Å². The molecule has 10 nitrogen and oxygen atoms in total. The van der Waals surface area contributed by atoms with Gasteiger partial charge in [0, 0.05) is 36.7 Å². The fraction of sp³-hybridized carbons (Fsp3) is 0.269. The normalized spacial score (nSPS) is 16.3. The molecule has 2 aliphatic rings. The van der Waals surface area contributed by atoms with Crippen molar-refractivity contribution in [1.29, 1.82) is 0 Å². The number of piperidine rings is 1. The van der Waals surface area contributed by atoms with Gasteiger partial charge in [-0.25, -0.2) is 9.78 Å². The maximum absolute atomic E-state index is 13.3. The zero-order valence-electron chi connectivity index (χ0n) is 19.5. The summed E-state index contributed by atoms with van der Waals surface area (Å²) in [5.74, 6) is -0.882. The molecule has 0 saturated carbocycles. The van der Waals surface area contributed by atoms with Crippen LogP contribution in [0.3, 0.4) is 0 Å². The van der Waals surface area contributed by atoms with Crippen LogP contribution in [0.4, 0.5) is 16.2 Å². The van der Waals surface area contributed by atoms with E-state index in [2.05, 4.69) is 4.98 Å². The Bertz CT molecular complexity index is 1270. The van der Waals surface area contributed by atoms with E-state index < -0.39 is 23.9 Å². The van der Waals surface area contributed by atoms with Gasteiger partial charge in [0.1, 0.15) is 6.33 Å². The standard InChI is InChI=1S/C26H25N5O5/c32-20(16-31-24(34)21-5-1-2-6-22(21)25(31)35)15-30(26(36)28-14-12-27-17-28)19-10-8-18(9-11-19)29-13-4-3-7-23(29)33/h1-2,5-6,8-12,14,17,20,32H,3-4,7,13,15-16H2/t20-/m1/s1. The van der Waals surface area contributed by atoms with Crippen LogP contribution in [0.5, 0.6) is 0 Å². The first-order valence-electron chi connectivity index (χ1n) is 11.8. The zero-order chi connectivity index (χ0) is 25.2. The lowest BCUT2D eigenvalue weighted by molar-refractivity contribution is -0.119. The number of hydrogen-bond donors (Lipinski definition) is 1. The summed E-state index contributed by atoms with van der Waals surface area (Å²) < 4.78 is 1.27. The minimum atomic E-state index is -1.21. The van der Waals surface area contributed by atoms with Crippen LogP contribution in [0.2, 0.25) is 0 Å². The molecule has 1 atom stereocenters. The van der Waals surface area contributed by atoms with Crippen molar-refractivity contribution in [2.75, 3.05) is 29.4 Å². The van der Waals surface area contributed by atoms with Gasteiger partial charge in [-0.15, -0.1) is 0 Å². The summed E-state index contributed by atoms with van der Waals surface area (Å²) in [5.41, 5.74) is 1.82. The molecule has 0 unspecified atom stereocenters. The third kappa shape index (κ3) is 4.38. The minimum absolute atomic E-state index is 0.0664. The van der Waals surface area contributed by atoms with Crippen molar-refractivity contribution < 1.29 is 24.3 Å². The highest BCUT2D eigenvalue weighted by Gasteiger charge is 2.36. The second-order valence-corrected chi connectivity index (χ2v) is 8.80. The average Bonchev–Trinajstić information content (AvgIpc) is 3.52. The Morgan fingerprint density at radius 2 is 1.69 bits per heavy atom. The number of nitrogens with zero attached hydrogens (tertiary/aromatic N) is 5. The number of fused-ring (bicyclic) bond motifs is 1. The van der Waals surface area contributed by atoms with Crippen LogP contribution in [-0.2, 0) is 4.79 Å². The highest BCUT2D eigenvalue weighted by atomic mass is 16.3. The van der Waals surface area contributed by atoms with Crippen LogP contribution in [0, 0.1) is 0 Å². The molecule has 1 N–H and O–H groups in total. The van der Waals surface area contributed by atoms with Crippen molar-refractivity contribution in [3.63, 3.8) is 0 Å². The van der Waals surface area contributed by atoms with E-state index in [1.807, 2.05) is 0 Å². The van der Waals surface area contributed by atoms with Crippen LogP contribution in [0.1, 0.15) is 40.0 Å². The van der Waals surface area contributed by atoms with Gasteiger partial charge >= 0.3 is 6.03 Å². The fourth-order valence-electron chi connectivity index (χ4n) is 4.58. The third-order valence-electron chi connectivity index (χ3n) is 6.42. The van der Waals surface area contributed by atoms with E-state index in [1.54, 1.807) is 53.4 Å². The summed E-state index contributed by atoms with van der Waals surface area (Å²) in [7, 11) is 0. The molecule has 0 radical (unpaired) electrons. The number of carbonyl (C=O) groups is 4. The fourth-order valence-corrected chi connectivity index (χ4v) is 4.58. The number of aromatic nitrogens is 2. The van der Waals surface area contributed by atoms with Crippen LogP contribution >= 0.6 is 0 Å². The number of β-amino-alcohol motifs (C(OH)–C–C–N with tert-alkyl or cyclic N) is 1. The van der Waals surface area contributed by atoms with E-state index in [0.717, 1.165) is 23.4 Å². The molecule has 184 valence electrons. The van der Waals surface area contributed by atoms with E-state index in [1.165, 1.54) is 28.2 Å². The zero-order valence-corrected chi connectivity index (χ0v) is 19.5. The Hall–Kier alpha value is -4.31. The number of carbonyl (C=O) groups excluding carboxylic acids is 4. The molecule has 1 saturated heterocycles. The molecule has 3 aromatic rings. The monoisotopic (exact) mass is 487 g/mol. The summed E-state index contributed by atoms with van der Waals surface area (Å²) >= 11 is 0. The molecule has 0 bridgehead atoms. The number of benzene rings is 2. The topological polar surface area (TPSA) is 116 Å². The molecular formula is C26H25N5O5. The number of anilines is 2. The van der Waals surface area contributed by atoms with Crippen LogP contribution in [-0.4, -0.2) is 69.0 Å². The van der Waals surface area contributed by atoms with Gasteiger partial charge in [-0.2, -0.15) is 0 Å². The third-order valence-corrected chi connectivity index (χ3v) is 6.42. The van der Waals surface area contributed by atoms with E-state index in [0.29, 0.717) is 29.8 Å². The second-order valence-electron chi connectivity index (χ2n) is 8.80. The summed E-state index contributed by atoms with van der Waals surface area (Å²) in [6, 6.07) is 13.0. The summed E-state index contributed by atoms with van der Waals surface area (Å²) in [5, 5.41) is 10.9. The number of rotatable bonds is 6. The Balaban J connectivity index is 1.36. The van der Waals surface area contributed by atoms with Crippen molar-refractivity contribution in [3.05, 3.63) is 78.4 Å². The molecule has 0 aliphatic carbocycles. The molecule has 5 rings (SSSR count). The minimum Gasteiger partial charge on any atom is -0.389 e. The maximum atomic E-state index is 13.3. The number of hydrogen-bond acceptors (Lipinski definition) is 6. The van der Waals surface area contributed by atoms with Gasteiger partial charge < -0.3 is 10.0 Å². The average molecular weight is 488 g/mol. The highest BCUT2D eigenvalue weighted by molar-refractivity contribution is 6.21. The molecular weight excluding hydrogens is 462 g/mol. The van der Waals surface area contributed by atoms with Gasteiger partial charge in [0.15, 0.2) is 0 Å². The Morgan fingerprint density at radius 1 is 1.00 bits per heavy atom. The smallest absolute Gasteiger partial charge is 0.333 e. The largest absolute Gasteiger partial charge is 0.389 e. The summed E-state index contributed by atoms with van der Waals surface area (Å²) in [4.78, 5) is 58.9. The van der Waals surface area contributed by atoms with E-state index in [4.69, 9.17) is 0 Å². The Labute approximate surface area is 207 Å². The number of imide groups is 1. The molecule has 1 aromatic heterocycles. The first-order chi connectivity index (χ1) is 17.4. The quantitative estimate of drug-likeness (QED) is 0.534. The van der Waals surface area contributed by atoms with Crippen molar-refractivity contribution in [1.82, 2.24) is 14.5 Å². The van der Waals surface area contributed by atoms with E-state index in [-0.39, 0.29) is 19.0 Å². The van der Waals surface area contributed by atoms with Gasteiger partial charge in [0.25, 0.3) is 11.8 Å². The van der Waals surface area contributed by atoms with Gasteiger partial charge in [0.2, 0.25) is 5.91 Å². The van der Waals surface area contributed by atoms with Gasteiger partial charge in [0.05, 0.1) is 30.3 Å². The molecule has 0 spiro atoms. The van der Waals surface area contributed by atoms with Gasteiger partial charge in [-0.05, 0) is 49.2 Å². The van der Waals surface area contributed by atoms with Crippen molar-refractivity contribution >= 4 is 35.1 Å². The van der Waals surface area contributed by atoms with Gasteiger partial charge in [-0.1, -0.05) is 12.1 Å². The molecule has 4 amide bonds. The van der Waals surface area contributed by atoms with Crippen LogP contribution in [0.25, 0.3) is 0 Å². The summed E-state index contributed by atoms with van der Waals surface area (Å²) in [6.07, 6.45) is 5.43. The van der Waals surface area contributed by atoms with Crippen LogP contribution < -0.4 is 9.80 Å². The molecule has 2 aliphatic heterocycles. The lowest BCUT2D eigenvalue weighted by Crippen LogP contribution is -2.45. The van der Waals surface area contributed by atoms with Crippen molar-refractivity contribution in [2.24, 2.45) is 0 Å². The first-order valence-corrected chi connectivity index (χ1v) is 11.8. The SMILES string of the molecule is O=C1c2ccccc2C(=O)N1C[C@H](O)CN(C(=O)n1ccnc1)c1ccc(N2CCCCC2=O)cc1. The molecule has 3 heterocycles. The lowest BCUT2D eigenvalue weighted by Gasteiger charge is -2.29. The number of imidazole rings is 1. The Kier molecular flexibility index (Phi) is 6.34. The summed E-state index contributed by atoms with van der Waals surface area (Å²) in [6.45, 7) is 0.210. The molecule has 36 heavy (non-hydrogen) atoms. The molecule has 2 aromatic carbocycles. The predicted octanol–water partition coefficient (Wildman–Crippen LogP) is 2.53. The number of aliphatic hydroxyl groups excluding tert-OH is 1. The molecule has 10 heteroatoms. The van der Waals surface area contributed by atoms with Crippen molar-refractivity contribution in [2.45, 2.75) is 25.4 Å².